The number of hydrogen-bond acceptors (Lipinski definition) is 4. The predicted octanol–water partition coefficient (Wildman–Crippen LogP) is 3.25. The van der Waals surface area contributed by atoms with Gasteiger partial charge in [-0.05, 0) is 20.3 Å². The molecule has 0 aliphatic heterocycles. The summed E-state index contributed by atoms with van der Waals surface area (Å²) in [6, 6.07) is 0. The molecule has 0 bridgehead atoms. The number of amides is 1. The third-order valence-electron chi connectivity index (χ3n) is 3.12. The van der Waals surface area contributed by atoms with Crippen LogP contribution in [0, 0.1) is 5.41 Å². The molecule has 0 spiro atoms. The second kappa shape index (κ2) is 11.2. The molecule has 0 aromatic rings. The second-order valence-electron chi connectivity index (χ2n) is 5.78. The third kappa shape index (κ3) is 10.2. The Morgan fingerprint density at radius 2 is 1.84 bits per heavy atom. The first kappa shape index (κ1) is 19.8. The SMILES string of the molecule is Cl.[2H]C([2H])([2H])N(CC(=O)OC(C)(C)C(F)(F)F)C(=N)NC(=O)CCCCCC. The van der Waals surface area contributed by atoms with Crippen molar-refractivity contribution in [2.24, 2.45) is 0 Å². The van der Waals surface area contributed by atoms with Crippen molar-refractivity contribution in [3.05, 3.63) is 0 Å². The van der Waals surface area contributed by atoms with Crippen molar-refractivity contribution in [3.8, 4) is 0 Å². The Balaban J connectivity index is 0. The zero-order chi connectivity index (χ0) is 21.5. The number of likely N-dealkylation sites (N-methyl/N-ethyl adjacent to an activating group) is 1. The van der Waals surface area contributed by atoms with Crippen molar-refractivity contribution in [2.75, 3.05) is 13.5 Å². The van der Waals surface area contributed by atoms with E-state index >= 15 is 0 Å². The quantitative estimate of drug-likeness (QED) is 0.287. The number of carbonyl (C=O) groups excluding carboxylic acids is 2. The van der Waals surface area contributed by atoms with Gasteiger partial charge < -0.3 is 9.64 Å². The van der Waals surface area contributed by atoms with Gasteiger partial charge in [-0.1, -0.05) is 26.2 Å². The van der Waals surface area contributed by atoms with E-state index in [4.69, 9.17) is 9.52 Å². The van der Waals surface area contributed by atoms with Crippen LogP contribution in [0.1, 0.15) is 57.0 Å². The number of ether oxygens (including phenoxy) is 1. The highest BCUT2D eigenvalue weighted by Gasteiger charge is 2.50. The lowest BCUT2D eigenvalue weighted by Gasteiger charge is -2.28. The summed E-state index contributed by atoms with van der Waals surface area (Å²) in [5, 5.41) is 9.74. The van der Waals surface area contributed by atoms with Gasteiger partial charge in [-0.3, -0.25) is 20.3 Å². The first-order valence-electron chi connectivity index (χ1n) is 9.06. The number of guanidine groups is 1. The van der Waals surface area contributed by atoms with Gasteiger partial charge >= 0.3 is 12.1 Å². The molecule has 0 unspecified atom stereocenters. The molecule has 10 heteroatoms. The van der Waals surface area contributed by atoms with Crippen molar-refractivity contribution in [3.63, 3.8) is 0 Å². The number of nitrogens with zero attached hydrogens (tertiary/aromatic N) is 1. The largest absolute Gasteiger partial charge is 0.449 e. The van der Waals surface area contributed by atoms with Gasteiger partial charge in [0.1, 0.15) is 6.54 Å². The van der Waals surface area contributed by atoms with Crippen LogP contribution in [0.4, 0.5) is 13.2 Å². The molecule has 0 atom stereocenters. The van der Waals surface area contributed by atoms with Crippen LogP contribution in [0.15, 0.2) is 0 Å². The van der Waals surface area contributed by atoms with Crippen molar-refractivity contribution < 1.29 is 31.6 Å². The van der Waals surface area contributed by atoms with E-state index in [0.29, 0.717) is 20.3 Å². The highest BCUT2D eigenvalue weighted by atomic mass is 35.5. The van der Waals surface area contributed by atoms with Crippen LogP contribution in [0.2, 0.25) is 0 Å². The van der Waals surface area contributed by atoms with E-state index in [1.54, 1.807) is 0 Å². The summed E-state index contributed by atoms with van der Waals surface area (Å²) in [4.78, 5) is 23.7. The minimum atomic E-state index is -4.85. The van der Waals surface area contributed by atoms with E-state index in [1.807, 2.05) is 12.2 Å². The van der Waals surface area contributed by atoms with E-state index in [9.17, 15) is 22.8 Å². The van der Waals surface area contributed by atoms with Crippen LogP contribution in [0.25, 0.3) is 0 Å². The lowest BCUT2D eigenvalue weighted by atomic mass is 10.1. The summed E-state index contributed by atoms with van der Waals surface area (Å²) in [5.74, 6) is -3.01. The molecule has 0 aromatic heterocycles. The number of esters is 1. The van der Waals surface area contributed by atoms with Crippen LogP contribution in [0.5, 0.6) is 0 Å². The molecular weight excluding hydrogens is 363 g/mol. The summed E-state index contributed by atoms with van der Waals surface area (Å²) in [7, 11) is 0. The zero-order valence-corrected chi connectivity index (χ0v) is 15.3. The number of hydrogen-bond donors (Lipinski definition) is 2. The molecule has 148 valence electrons. The lowest BCUT2D eigenvalue weighted by molar-refractivity contribution is -0.257. The Bertz CT molecular complexity index is 544. The third-order valence-corrected chi connectivity index (χ3v) is 3.12. The topological polar surface area (TPSA) is 82.5 Å². The summed E-state index contributed by atoms with van der Waals surface area (Å²) in [6.45, 7) is -0.954. The molecule has 0 aliphatic carbocycles. The fourth-order valence-corrected chi connectivity index (χ4v) is 1.56. The Morgan fingerprint density at radius 3 is 2.32 bits per heavy atom. The minimum absolute atomic E-state index is 0. The normalized spacial score (nSPS) is 13.6. The first-order chi connectivity index (χ1) is 12.1. The van der Waals surface area contributed by atoms with Crippen LogP contribution < -0.4 is 5.32 Å². The average molecular weight is 393 g/mol. The van der Waals surface area contributed by atoms with Crippen LogP contribution >= 0.6 is 12.4 Å². The summed E-state index contributed by atoms with van der Waals surface area (Å²) < 4.78 is 64.6. The van der Waals surface area contributed by atoms with Crippen molar-refractivity contribution in [1.82, 2.24) is 10.2 Å². The number of rotatable bonds is 8. The molecule has 0 aromatic carbocycles. The summed E-state index contributed by atoms with van der Waals surface area (Å²) >= 11 is 0. The molecule has 0 radical (unpaired) electrons. The zero-order valence-electron chi connectivity index (χ0n) is 17.5. The maximum absolute atomic E-state index is 12.8. The maximum atomic E-state index is 12.8. The number of halogens is 4. The molecule has 0 fully saturated rings. The lowest BCUT2D eigenvalue weighted by Crippen LogP contribution is -2.48. The fourth-order valence-electron chi connectivity index (χ4n) is 1.56. The highest BCUT2D eigenvalue weighted by molar-refractivity contribution is 5.96. The number of alkyl halides is 3. The van der Waals surface area contributed by atoms with Gasteiger partial charge in [-0.25, -0.2) is 0 Å². The maximum Gasteiger partial charge on any atom is 0.427 e. The number of carbonyl (C=O) groups is 2. The van der Waals surface area contributed by atoms with E-state index in [2.05, 4.69) is 4.74 Å². The monoisotopic (exact) mass is 392 g/mol. The van der Waals surface area contributed by atoms with Gasteiger partial charge in [0.2, 0.25) is 11.5 Å². The Hall–Kier alpha value is -1.51. The van der Waals surface area contributed by atoms with Gasteiger partial charge in [-0.2, -0.15) is 13.2 Å². The first-order valence-corrected chi connectivity index (χ1v) is 7.56. The van der Waals surface area contributed by atoms with E-state index in [0.717, 1.165) is 19.3 Å². The summed E-state index contributed by atoms with van der Waals surface area (Å²) in [6.07, 6.45) is -1.58. The molecule has 2 N–H and O–H groups in total. The smallest absolute Gasteiger partial charge is 0.427 e. The van der Waals surface area contributed by atoms with Gasteiger partial charge in [0.05, 0.1) is 0 Å². The Labute approximate surface area is 156 Å². The molecular formula is C15H27ClF3N3O3. The highest BCUT2D eigenvalue weighted by Crippen LogP contribution is 2.32. The van der Waals surface area contributed by atoms with Gasteiger partial charge in [0.15, 0.2) is 5.96 Å². The van der Waals surface area contributed by atoms with Crippen molar-refractivity contribution in [1.29, 1.82) is 5.41 Å². The predicted molar refractivity (Wildman–Crippen MR) is 90.7 cm³/mol. The van der Waals surface area contributed by atoms with Crippen LogP contribution in [-0.2, 0) is 14.3 Å². The molecule has 25 heavy (non-hydrogen) atoms. The summed E-state index contributed by atoms with van der Waals surface area (Å²) in [5.41, 5.74) is -2.82. The van der Waals surface area contributed by atoms with Crippen molar-refractivity contribution >= 4 is 30.2 Å². The van der Waals surface area contributed by atoms with Gasteiger partial charge in [0, 0.05) is 17.5 Å². The molecule has 0 aliphatic rings. The van der Waals surface area contributed by atoms with Gasteiger partial charge in [0.25, 0.3) is 0 Å². The standard InChI is InChI=1S/C15H26F3N3O3.ClH/c1-5-6-7-8-9-11(22)20-13(19)21(4)10-12(23)24-14(2,3)15(16,17)18;/h5-10H2,1-4H3,(H2,19,20,22);1H/i4D3;. The second-order valence-corrected chi connectivity index (χ2v) is 5.78. The van der Waals surface area contributed by atoms with Crippen LogP contribution in [-0.4, -0.2) is 48.0 Å². The Morgan fingerprint density at radius 1 is 1.24 bits per heavy atom. The van der Waals surface area contributed by atoms with Crippen LogP contribution in [0.3, 0.4) is 0 Å². The molecule has 1 amide bonds. The van der Waals surface area contributed by atoms with E-state index in [1.165, 1.54) is 0 Å². The molecule has 0 saturated carbocycles. The molecule has 0 saturated heterocycles. The molecule has 6 nitrogen and oxygen atoms in total. The van der Waals surface area contributed by atoms with Gasteiger partial charge in [-0.15, -0.1) is 12.4 Å². The molecule has 0 heterocycles. The Kier molecular flexibility index (Phi) is 8.85. The van der Waals surface area contributed by atoms with E-state index in [-0.39, 0.29) is 23.7 Å². The number of unbranched alkanes of at least 4 members (excludes halogenated alkanes) is 3. The average Bonchev–Trinajstić information content (AvgIpc) is 2.46. The van der Waals surface area contributed by atoms with Crippen molar-refractivity contribution in [2.45, 2.75) is 64.7 Å². The fraction of sp³-hybridized carbons (Fsp3) is 0.800. The minimum Gasteiger partial charge on any atom is -0.449 e. The molecule has 0 rings (SSSR count). The van der Waals surface area contributed by atoms with E-state index < -0.39 is 43.1 Å². The number of nitrogens with one attached hydrogen (secondary N) is 2.